The van der Waals surface area contributed by atoms with E-state index in [9.17, 15) is 24.9 Å². The summed E-state index contributed by atoms with van der Waals surface area (Å²) in [5.74, 6) is -1.52. The van der Waals surface area contributed by atoms with Gasteiger partial charge in [-0.15, -0.1) is 0 Å². The zero-order valence-corrected chi connectivity index (χ0v) is 15.0. The quantitative estimate of drug-likeness (QED) is 0.494. The first kappa shape index (κ1) is 20.5. The van der Waals surface area contributed by atoms with Crippen molar-refractivity contribution in [3.05, 3.63) is 53.3 Å². The van der Waals surface area contributed by atoms with Gasteiger partial charge in [-0.2, -0.15) is 0 Å². The molecule has 27 heavy (non-hydrogen) atoms. The normalized spacial score (nSPS) is 23.3. The summed E-state index contributed by atoms with van der Waals surface area (Å²) in [6.45, 7) is 1.57. The number of aromatic hydroxyl groups is 1. The van der Waals surface area contributed by atoms with Gasteiger partial charge >= 0.3 is 11.9 Å². The Bertz CT molecular complexity index is 749. The molecule has 1 aromatic carbocycles. The van der Waals surface area contributed by atoms with Crippen LogP contribution in [0.5, 0.6) is 5.75 Å². The fourth-order valence-electron chi connectivity index (χ4n) is 2.77. The minimum absolute atomic E-state index is 0.0428. The van der Waals surface area contributed by atoms with E-state index in [2.05, 4.69) is 4.74 Å². The van der Waals surface area contributed by atoms with Gasteiger partial charge in [-0.3, -0.25) is 4.79 Å². The Morgan fingerprint density at radius 1 is 1.30 bits per heavy atom. The molecule has 0 unspecified atom stereocenters. The van der Waals surface area contributed by atoms with Crippen LogP contribution in [0.2, 0.25) is 0 Å². The molecule has 1 aliphatic rings. The molecule has 3 N–H and O–H groups in total. The average Bonchev–Trinajstić information content (AvgIpc) is 2.63. The van der Waals surface area contributed by atoms with E-state index in [4.69, 9.17) is 9.47 Å². The van der Waals surface area contributed by atoms with Crippen LogP contribution in [0.4, 0.5) is 0 Å². The summed E-state index contributed by atoms with van der Waals surface area (Å²) >= 11 is 0. The molecule has 2 atom stereocenters. The van der Waals surface area contributed by atoms with E-state index in [0.717, 1.165) is 18.9 Å². The Morgan fingerprint density at radius 3 is 2.56 bits per heavy atom. The molecule has 0 fully saturated rings. The number of allylic oxidation sites excluding steroid dienone is 1. The van der Waals surface area contributed by atoms with E-state index < -0.39 is 30.3 Å². The number of methoxy groups -OCH3 is 1. The first-order valence-electron chi connectivity index (χ1n) is 8.27. The molecule has 0 spiro atoms. The summed E-state index contributed by atoms with van der Waals surface area (Å²) in [5.41, 5.74) is -1.61. The van der Waals surface area contributed by atoms with Crippen molar-refractivity contribution in [2.24, 2.45) is 0 Å². The van der Waals surface area contributed by atoms with Gasteiger partial charge in [0.05, 0.1) is 20.1 Å². The predicted octanol–water partition coefficient (Wildman–Crippen LogP) is 0.951. The SMILES string of the molecule is C/C=C1/[C@H](O)OC=C(C(=O)OC)[C@@]1(O)CC(=O)OCCc1ccc(O)cc1. The van der Waals surface area contributed by atoms with Crippen molar-refractivity contribution in [3.63, 3.8) is 0 Å². The second kappa shape index (κ2) is 8.70. The van der Waals surface area contributed by atoms with Crippen molar-refractivity contribution in [1.29, 1.82) is 0 Å². The zero-order valence-electron chi connectivity index (χ0n) is 15.0. The molecule has 0 saturated heterocycles. The summed E-state index contributed by atoms with van der Waals surface area (Å²) in [6, 6.07) is 6.44. The van der Waals surface area contributed by atoms with E-state index >= 15 is 0 Å². The molecule has 2 rings (SSSR count). The van der Waals surface area contributed by atoms with Crippen molar-refractivity contribution in [2.75, 3.05) is 13.7 Å². The average molecular weight is 378 g/mol. The third kappa shape index (κ3) is 4.66. The molecule has 1 aromatic rings. The summed E-state index contributed by atoms with van der Waals surface area (Å²) in [7, 11) is 1.12. The molecule has 0 aromatic heterocycles. The van der Waals surface area contributed by atoms with Crippen LogP contribution in [0.3, 0.4) is 0 Å². The number of esters is 2. The molecule has 0 aliphatic carbocycles. The van der Waals surface area contributed by atoms with Crippen molar-refractivity contribution in [1.82, 2.24) is 0 Å². The number of hydrogen-bond donors (Lipinski definition) is 3. The Hall–Kier alpha value is -2.84. The number of rotatable bonds is 6. The Balaban J connectivity index is 2.07. The van der Waals surface area contributed by atoms with Crippen LogP contribution in [0.1, 0.15) is 18.9 Å². The van der Waals surface area contributed by atoms with Crippen LogP contribution in [0.15, 0.2) is 47.7 Å². The number of carbonyl (C=O) groups excluding carboxylic acids is 2. The first-order chi connectivity index (χ1) is 12.8. The van der Waals surface area contributed by atoms with Crippen LogP contribution in [-0.4, -0.2) is 52.9 Å². The first-order valence-corrected chi connectivity index (χ1v) is 8.27. The highest BCUT2D eigenvalue weighted by Crippen LogP contribution is 2.37. The third-order valence-corrected chi connectivity index (χ3v) is 4.21. The Kier molecular flexibility index (Phi) is 6.59. The van der Waals surface area contributed by atoms with Gasteiger partial charge < -0.3 is 29.5 Å². The minimum atomic E-state index is -2.10. The van der Waals surface area contributed by atoms with Gasteiger partial charge in [0.1, 0.15) is 23.2 Å². The van der Waals surface area contributed by atoms with Crippen molar-refractivity contribution >= 4 is 11.9 Å². The summed E-state index contributed by atoms with van der Waals surface area (Å²) < 4.78 is 14.7. The van der Waals surface area contributed by atoms with E-state index in [-0.39, 0.29) is 23.5 Å². The number of hydrogen-bond acceptors (Lipinski definition) is 8. The van der Waals surface area contributed by atoms with Gasteiger partial charge in [0.2, 0.25) is 6.29 Å². The van der Waals surface area contributed by atoms with Crippen LogP contribution in [-0.2, 0) is 30.2 Å². The molecule has 8 nitrogen and oxygen atoms in total. The smallest absolute Gasteiger partial charge is 0.340 e. The summed E-state index contributed by atoms with van der Waals surface area (Å²) in [5, 5.41) is 30.1. The maximum absolute atomic E-state index is 12.2. The molecule has 8 heteroatoms. The van der Waals surface area contributed by atoms with Crippen LogP contribution < -0.4 is 0 Å². The van der Waals surface area contributed by atoms with Gasteiger partial charge in [-0.05, 0) is 24.6 Å². The maximum Gasteiger partial charge on any atom is 0.340 e. The molecule has 146 valence electrons. The van der Waals surface area contributed by atoms with Crippen molar-refractivity contribution in [3.8, 4) is 5.75 Å². The number of benzene rings is 1. The molecule has 1 heterocycles. The molecule has 0 radical (unpaired) electrons. The number of aliphatic hydroxyl groups is 2. The second-order valence-corrected chi connectivity index (χ2v) is 5.93. The van der Waals surface area contributed by atoms with Crippen molar-refractivity contribution in [2.45, 2.75) is 31.7 Å². The monoisotopic (exact) mass is 378 g/mol. The Morgan fingerprint density at radius 2 is 1.96 bits per heavy atom. The number of phenolic OH excluding ortho intramolecular Hbond substituents is 1. The minimum Gasteiger partial charge on any atom is -0.508 e. The highest BCUT2D eigenvalue weighted by Gasteiger charge is 2.48. The molecule has 0 saturated carbocycles. The van der Waals surface area contributed by atoms with E-state index in [1.807, 2.05) is 0 Å². The summed E-state index contributed by atoms with van der Waals surface area (Å²) in [6.07, 6.45) is 0.561. The molecular formula is C19H22O8. The van der Waals surface area contributed by atoms with Gasteiger partial charge in [0, 0.05) is 12.0 Å². The second-order valence-electron chi connectivity index (χ2n) is 5.93. The number of phenols is 1. The van der Waals surface area contributed by atoms with E-state index in [0.29, 0.717) is 6.42 Å². The lowest BCUT2D eigenvalue weighted by molar-refractivity contribution is -0.151. The number of aliphatic hydroxyl groups excluding tert-OH is 1. The van der Waals surface area contributed by atoms with Crippen molar-refractivity contribution < 1.29 is 39.1 Å². The predicted molar refractivity (Wildman–Crippen MR) is 93.3 cm³/mol. The number of carbonyl (C=O) groups is 2. The van der Waals surface area contributed by atoms with Gasteiger partial charge in [0.25, 0.3) is 0 Å². The lowest BCUT2D eigenvalue weighted by atomic mass is 9.81. The van der Waals surface area contributed by atoms with E-state index in [1.54, 1.807) is 12.1 Å². The van der Waals surface area contributed by atoms with Gasteiger partial charge in [-0.25, -0.2) is 4.79 Å². The number of ether oxygens (including phenoxy) is 3. The molecule has 0 amide bonds. The van der Waals surface area contributed by atoms with Crippen LogP contribution in [0, 0.1) is 0 Å². The van der Waals surface area contributed by atoms with Gasteiger partial charge in [-0.1, -0.05) is 18.2 Å². The molecule has 1 aliphatic heterocycles. The third-order valence-electron chi connectivity index (χ3n) is 4.21. The highest BCUT2D eigenvalue weighted by atomic mass is 16.6. The van der Waals surface area contributed by atoms with Crippen LogP contribution >= 0.6 is 0 Å². The topological polar surface area (TPSA) is 123 Å². The maximum atomic E-state index is 12.2. The Labute approximate surface area is 156 Å². The fourth-order valence-corrected chi connectivity index (χ4v) is 2.77. The van der Waals surface area contributed by atoms with E-state index in [1.165, 1.54) is 25.1 Å². The highest BCUT2D eigenvalue weighted by molar-refractivity contribution is 5.93. The molecular weight excluding hydrogens is 356 g/mol. The lowest BCUT2D eigenvalue weighted by Crippen LogP contribution is -2.47. The standard InChI is InChI=1S/C19H22O8/c1-3-14-18(23)27-11-15(17(22)25-2)19(14,24)10-16(21)26-9-8-12-4-6-13(20)7-5-12/h3-7,11,18,20,23-24H,8-10H2,1-2H3/b14-3-/t18-,19-/m1/s1. The lowest BCUT2D eigenvalue weighted by Gasteiger charge is -2.36. The largest absolute Gasteiger partial charge is 0.508 e. The van der Waals surface area contributed by atoms with Crippen LogP contribution in [0.25, 0.3) is 0 Å². The zero-order chi connectivity index (χ0) is 20.0. The molecule has 0 bridgehead atoms. The fraction of sp³-hybridized carbons (Fsp3) is 0.368. The summed E-state index contributed by atoms with van der Waals surface area (Å²) in [4.78, 5) is 24.2. The van der Waals surface area contributed by atoms with Gasteiger partial charge in [0.15, 0.2) is 0 Å².